The van der Waals surface area contributed by atoms with Crippen molar-refractivity contribution >= 4 is 10.0 Å². The van der Waals surface area contributed by atoms with Crippen molar-refractivity contribution in [3.05, 3.63) is 30.3 Å². The molecule has 2 fully saturated rings. The zero-order valence-electron chi connectivity index (χ0n) is 13.8. The Kier molecular flexibility index (Phi) is 6.05. The van der Waals surface area contributed by atoms with Crippen molar-refractivity contribution in [1.29, 1.82) is 0 Å². The van der Waals surface area contributed by atoms with Crippen molar-refractivity contribution in [3.8, 4) is 0 Å². The SMILES string of the molecule is O=S(=O)(NC[C@H]1O[C@@H](CO)[C@@H](O)[C@H]1N1CCOCC1)c1ccccc1. The Bertz CT molecular complexity index is 650. The van der Waals surface area contributed by atoms with Crippen LogP contribution in [0, 0.1) is 0 Å². The highest BCUT2D eigenvalue weighted by Crippen LogP contribution is 2.26. The molecule has 2 heterocycles. The summed E-state index contributed by atoms with van der Waals surface area (Å²) < 4.78 is 38.4. The van der Waals surface area contributed by atoms with Crippen LogP contribution in [0.3, 0.4) is 0 Å². The van der Waals surface area contributed by atoms with E-state index < -0.39 is 28.3 Å². The number of nitrogens with zero attached hydrogens (tertiary/aromatic N) is 1. The first-order valence-corrected chi connectivity index (χ1v) is 9.82. The Morgan fingerprint density at radius 1 is 1.16 bits per heavy atom. The maximum absolute atomic E-state index is 12.4. The van der Waals surface area contributed by atoms with E-state index in [1.165, 1.54) is 12.1 Å². The predicted molar refractivity (Wildman–Crippen MR) is 89.6 cm³/mol. The number of aliphatic hydroxyl groups excluding tert-OH is 2. The number of aliphatic hydroxyl groups is 2. The standard InChI is InChI=1S/C16H24N2O6S/c19-11-14-16(20)15(18-6-8-23-9-7-18)13(24-14)10-17-25(21,22)12-4-2-1-3-5-12/h1-5,13-17,19-20H,6-11H2/t13-,14+,15+,16-/m1/s1. The number of hydrogen-bond acceptors (Lipinski definition) is 7. The molecule has 1 aromatic carbocycles. The zero-order chi connectivity index (χ0) is 17.9. The monoisotopic (exact) mass is 372 g/mol. The van der Waals surface area contributed by atoms with Gasteiger partial charge in [0.15, 0.2) is 0 Å². The molecule has 8 nitrogen and oxygen atoms in total. The number of hydrogen-bond donors (Lipinski definition) is 3. The fraction of sp³-hybridized carbons (Fsp3) is 0.625. The fourth-order valence-corrected chi connectivity index (χ4v) is 4.41. The lowest BCUT2D eigenvalue weighted by Crippen LogP contribution is -2.54. The number of sulfonamides is 1. The van der Waals surface area contributed by atoms with E-state index >= 15 is 0 Å². The summed E-state index contributed by atoms with van der Waals surface area (Å²) in [7, 11) is -3.66. The third kappa shape index (κ3) is 4.20. The van der Waals surface area contributed by atoms with E-state index in [2.05, 4.69) is 4.72 Å². The van der Waals surface area contributed by atoms with Gasteiger partial charge in [-0.3, -0.25) is 4.90 Å². The molecule has 0 bridgehead atoms. The van der Waals surface area contributed by atoms with Crippen molar-refractivity contribution < 1.29 is 28.1 Å². The van der Waals surface area contributed by atoms with Gasteiger partial charge in [-0.1, -0.05) is 18.2 Å². The van der Waals surface area contributed by atoms with Crippen LogP contribution in [0.5, 0.6) is 0 Å². The van der Waals surface area contributed by atoms with Crippen LogP contribution in [-0.2, 0) is 19.5 Å². The number of nitrogens with one attached hydrogen (secondary N) is 1. The average molecular weight is 372 g/mol. The molecular weight excluding hydrogens is 348 g/mol. The van der Waals surface area contributed by atoms with Crippen LogP contribution in [0.4, 0.5) is 0 Å². The van der Waals surface area contributed by atoms with E-state index in [1.807, 2.05) is 4.90 Å². The molecule has 0 aromatic heterocycles. The van der Waals surface area contributed by atoms with E-state index in [1.54, 1.807) is 18.2 Å². The van der Waals surface area contributed by atoms with Crippen LogP contribution >= 0.6 is 0 Å². The Morgan fingerprint density at radius 3 is 2.48 bits per heavy atom. The highest BCUT2D eigenvalue weighted by molar-refractivity contribution is 7.89. The summed E-state index contributed by atoms with van der Waals surface area (Å²) in [5.74, 6) is 0. The lowest BCUT2D eigenvalue weighted by atomic mass is 10.0. The minimum Gasteiger partial charge on any atom is -0.394 e. The molecule has 3 rings (SSSR count). The van der Waals surface area contributed by atoms with Crippen LogP contribution in [-0.4, -0.2) is 87.3 Å². The van der Waals surface area contributed by atoms with E-state index in [9.17, 15) is 18.6 Å². The smallest absolute Gasteiger partial charge is 0.240 e. The molecule has 140 valence electrons. The summed E-state index contributed by atoms with van der Waals surface area (Å²) >= 11 is 0. The quantitative estimate of drug-likeness (QED) is 0.575. The van der Waals surface area contributed by atoms with E-state index in [-0.39, 0.29) is 24.1 Å². The molecule has 0 aliphatic carbocycles. The second kappa shape index (κ2) is 8.09. The van der Waals surface area contributed by atoms with Crippen molar-refractivity contribution in [3.63, 3.8) is 0 Å². The molecule has 0 unspecified atom stereocenters. The van der Waals surface area contributed by atoms with Gasteiger partial charge < -0.3 is 19.7 Å². The number of morpholine rings is 1. The molecular formula is C16H24N2O6S. The molecule has 0 amide bonds. The highest BCUT2D eigenvalue weighted by Gasteiger charge is 2.46. The summed E-state index contributed by atoms with van der Waals surface area (Å²) in [6, 6.07) is 7.70. The van der Waals surface area contributed by atoms with E-state index in [4.69, 9.17) is 9.47 Å². The summed E-state index contributed by atoms with van der Waals surface area (Å²) in [5.41, 5.74) is 0. The summed E-state index contributed by atoms with van der Waals surface area (Å²) in [5, 5.41) is 19.9. The molecule has 0 saturated carbocycles. The van der Waals surface area contributed by atoms with Crippen molar-refractivity contribution in [2.75, 3.05) is 39.5 Å². The van der Waals surface area contributed by atoms with Gasteiger partial charge in [-0.25, -0.2) is 13.1 Å². The minimum absolute atomic E-state index is 0.0206. The van der Waals surface area contributed by atoms with Crippen LogP contribution < -0.4 is 4.72 Å². The predicted octanol–water partition coefficient (Wildman–Crippen LogP) is -1.21. The highest BCUT2D eigenvalue weighted by atomic mass is 32.2. The van der Waals surface area contributed by atoms with Crippen LogP contribution in [0.25, 0.3) is 0 Å². The normalized spacial score (nSPS) is 31.3. The molecule has 1 aromatic rings. The second-order valence-corrected chi connectivity index (χ2v) is 7.96. The second-order valence-electron chi connectivity index (χ2n) is 6.19. The van der Waals surface area contributed by atoms with Crippen molar-refractivity contribution in [2.45, 2.75) is 29.2 Å². The van der Waals surface area contributed by atoms with Crippen LogP contribution in [0.2, 0.25) is 0 Å². The lowest BCUT2D eigenvalue weighted by Gasteiger charge is -2.36. The van der Waals surface area contributed by atoms with Crippen molar-refractivity contribution in [2.24, 2.45) is 0 Å². The van der Waals surface area contributed by atoms with Gasteiger partial charge in [-0.05, 0) is 12.1 Å². The summed E-state index contributed by atoms with van der Waals surface area (Å²) in [4.78, 5) is 2.21. The molecule has 3 N–H and O–H groups in total. The number of benzene rings is 1. The molecule has 9 heteroatoms. The Morgan fingerprint density at radius 2 is 1.84 bits per heavy atom. The lowest BCUT2D eigenvalue weighted by molar-refractivity contribution is -0.0207. The molecule has 4 atom stereocenters. The third-order valence-corrected chi connectivity index (χ3v) is 6.08. The first-order valence-electron chi connectivity index (χ1n) is 8.34. The summed E-state index contributed by atoms with van der Waals surface area (Å²) in [6.45, 7) is 2.07. The summed E-state index contributed by atoms with van der Waals surface area (Å²) in [6.07, 6.45) is -2.16. The van der Waals surface area contributed by atoms with Gasteiger partial charge in [-0.2, -0.15) is 0 Å². The van der Waals surface area contributed by atoms with Gasteiger partial charge >= 0.3 is 0 Å². The Balaban J connectivity index is 1.70. The van der Waals surface area contributed by atoms with E-state index in [0.717, 1.165) is 0 Å². The molecule has 2 saturated heterocycles. The largest absolute Gasteiger partial charge is 0.394 e. The topological polar surface area (TPSA) is 108 Å². The van der Waals surface area contributed by atoms with Gasteiger partial charge in [0.1, 0.15) is 12.2 Å². The fourth-order valence-electron chi connectivity index (χ4n) is 3.35. The van der Waals surface area contributed by atoms with Gasteiger partial charge in [0, 0.05) is 19.6 Å². The maximum Gasteiger partial charge on any atom is 0.240 e. The number of ether oxygens (including phenoxy) is 2. The molecule has 25 heavy (non-hydrogen) atoms. The van der Waals surface area contributed by atoms with E-state index in [0.29, 0.717) is 26.3 Å². The van der Waals surface area contributed by atoms with Gasteiger partial charge in [0.05, 0.1) is 36.9 Å². The molecule has 0 radical (unpaired) electrons. The minimum atomic E-state index is -3.66. The molecule has 2 aliphatic heterocycles. The Hall–Kier alpha value is -1.07. The molecule has 0 spiro atoms. The zero-order valence-corrected chi connectivity index (χ0v) is 14.6. The first-order chi connectivity index (χ1) is 12.0. The molecule has 2 aliphatic rings. The Labute approximate surface area is 147 Å². The van der Waals surface area contributed by atoms with Gasteiger partial charge in [0.2, 0.25) is 10.0 Å². The average Bonchev–Trinajstić information content (AvgIpc) is 2.97. The van der Waals surface area contributed by atoms with Crippen LogP contribution in [0.15, 0.2) is 35.2 Å². The van der Waals surface area contributed by atoms with Gasteiger partial charge in [0.25, 0.3) is 0 Å². The van der Waals surface area contributed by atoms with Crippen molar-refractivity contribution in [1.82, 2.24) is 9.62 Å². The number of rotatable bonds is 6. The third-order valence-electron chi connectivity index (χ3n) is 4.64. The maximum atomic E-state index is 12.4. The first kappa shape index (κ1) is 18.7. The van der Waals surface area contributed by atoms with Crippen LogP contribution in [0.1, 0.15) is 0 Å². The van der Waals surface area contributed by atoms with Gasteiger partial charge in [-0.15, -0.1) is 0 Å².